The minimum atomic E-state index is -4.65. The number of anilines is 1. The number of rotatable bonds is 4. The Morgan fingerprint density at radius 1 is 1.10 bits per heavy atom. The monoisotopic (exact) mass is 426 g/mol. The zero-order valence-electron chi connectivity index (χ0n) is 16.6. The summed E-state index contributed by atoms with van der Waals surface area (Å²) in [5.41, 5.74) is -1.49. The van der Waals surface area contributed by atoms with Gasteiger partial charge in [0.15, 0.2) is 0 Å². The Morgan fingerprint density at radius 2 is 1.71 bits per heavy atom. The average molecular weight is 426 g/mol. The van der Waals surface area contributed by atoms with Crippen molar-refractivity contribution in [3.8, 4) is 11.8 Å². The Balaban J connectivity index is 2.00. The van der Waals surface area contributed by atoms with Gasteiger partial charge in [-0.05, 0) is 36.8 Å². The highest BCUT2D eigenvalue weighted by Crippen LogP contribution is 2.32. The summed E-state index contributed by atoms with van der Waals surface area (Å²) in [5.74, 6) is -0.981. The molecular formula is C22H17F3N4O2. The predicted molar refractivity (Wildman–Crippen MR) is 109 cm³/mol. The lowest BCUT2D eigenvalue weighted by Gasteiger charge is -2.10. The van der Waals surface area contributed by atoms with Crippen molar-refractivity contribution >= 4 is 17.7 Å². The van der Waals surface area contributed by atoms with Crippen molar-refractivity contribution in [3.63, 3.8) is 0 Å². The second-order valence-electron chi connectivity index (χ2n) is 6.65. The molecule has 0 fully saturated rings. The van der Waals surface area contributed by atoms with Gasteiger partial charge in [0.25, 0.3) is 11.5 Å². The maximum atomic E-state index is 13.2. The molecule has 3 rings (SSSR count). The summed E-state index contributed by atoms with van der Waals surface area (Å²) >= 11 is 0. The fraction of sp³-hybridized carbons (Fsp3) is 0.136. The van der Waals surface area contributed by atoms with Gasteiger partial charge in [-0.2, -0.15) is 18.4 Å². The summed E-state index contributed by atoms with van der Waals surface area (Å²) in [6.45, 7) is 1.60. The van der Waals surface area contributed by atoms with Crippen molar-refractivity contribution in [2.24, 2.45) is 7.05 Å². The van der Waals surface area contributed by atoms with Crippen LogP contribution in [0.15, 0.2) is 65.0 Å². The average Bonchev–Trinajstić information content (AvgIpc) is 2.95. The van der Waals surface area contributed by atoms with Gasteiger partial charge in [0.05, 0.1) is 16.9 Å². The number of alkyl halides is 3. The van der Waals surface area contributed by atoms with Gasteiger partial charge < -0.3 is 5.32 Å². The smallest absolute Gasteiger partial charge is 0.315 e. The van der Waals surface area contributed by atoms with Crippen LogP contribution in [-0.2, 0) is 18.0 Å². The lowest BCUT2D eigenvalue weighted by molar-refractivity contribution is -0.137. The van der Waals surface area contributed by atoms with Crippen LogP contribution in [0.25, 0.3) is 11.8 Å². The van der Waals surface area contributed by atoms with Crippen LogP contribution < -0.4 is 10.9 Å². The molecule has 6 nitrogen and oxygen atoms in total. The van der Waals surface area contributed by atoms with E-state index < -0.39 is 28.8 Å². The van der Waals surface area contributed by atoms with Crippen molar-refractivity contribution in [2.75, 3.05) is 5.32 Å². The van der Waals surface area contributed by atoms with Crippen LogP contribution in [0.2, 0.25) is 0 Å². The molecule has 0 radical (unpaired) electrons. The van der Waals surface area contributed by atoms with Gasteiger partial charge in [-0.25, -0.2) is 4.68 Å². The summed E-state index contributed by atoms with van der Waals surface area (Å²) in [6.07, 6.45) is -3.80. The first-order valence-electron chi connectivity index (χ1n) is 9.08. The maximum Gasteiger partial charge on any atom is 0.416 e. The summed E-state index contributed by atoms with van der Waals surface area (Å²) in [7, 11) is 1.63. The third kappa shape index (κ3) is 4.28. The van der Waals surface area contributed by atoms with Gasteiger partial charge >= 0.3 is 6.18 Å². The number of para-hydroxylation sites is 1. The molecular weight excluding hydrogens is 409 g/mol. The largest absolute Gasteiger partial charge is 0.416 e. The molecule has 0 saturated heterocycles. The van der Waals surface area contributed by atoms with E-state index in [9.17, 15) is 28.0 Å². The Kier molecular flexibility index (Phi) is 5.83. The minimum Gasteiger partial charge on any atom is -0.315 e. The number of nitrogens with zero attached hydrogens (tertiary/aromatic N) is 3. The number of hydrogen-bond donors (Lipinski definition) is 1. The summed E-state index contributed by atoms with van der Waals surface area (Å²) in [5, 5.41) is 11.7. The van der Waals surface area contributed by atoms with Gasteiger partial charge in [0.2, 0.25) is 0 Å². The van der Waals surface area contributed by atoms with E-state index in [0.717, 1.165) is 18.2 Å². The van der Waals surface area contributed by atoms with Crippen molar-refractivity contribution in [3.05, 3.63) is 87.3 Å². The van der Waals surface area contributed by atoms with Gasteiger partial charge in [0, 0.05) is 7.05 Å². The minimum absolute atomic E-state index is 0.0680. The van der Waals surface area contributed by atoms with Crippen LogP contribution in [0.5, 0.6) is 0 Å². The van der Waals surface area contributed by atoms with Crippen molar-refractivity contribution in [1.82, 2.24) is 9.36 Å². The van der Waals surface area contributed by atoms with Crippen molar-refractivity contribution in [1.29, 1.82) is 5.26 Å². The van der Waals surface area contributed by atoms with E-state index in [1.807, 2.05) is 0 Å². The van der Waals surface area contributed by atoms with Crippen LogP contribution in [0, 0.1) is 18.3 Å². The van der Waals surface area contributed by atoms with Crippen LogP contribution in [0.1, 0.15) is 16.8 Å². The number of hydrogen-bond acceptors (Lipinski definition) is 3. The van der Waals surface area contributed by atoms with Gasteiger partial charge in [-0.3, -0.25) is 14.3 Å². The van der Waals surface area contributed by atoms with E-state index in [-0.39, 0.29) is 11.3 Å². The number of halogens is 3. The Bertz CT molecular complexity index is 1260. The Hall–Kier alpha value is -4.06. The molecule has 0 saturated carbocycles. The molecule has 2 aromatic carbocycles. The van der Waals surface area contributed by atoms with Gasteiger partial charge in [-0.15, -0.1) is 0 Å². The van der Waals surface area contributed by atoms with E-state index in [4.69, 9.17) is 0 Å². The number of carbonyl (C=O) groups is 1. The first kappa shape index (κ1) is 21.6. The number of nitriles is 1. The molecule has 1 aromatic heterocycles. The van der Waals surface area contributed by atoms with Gasteiger partial charge in [-0.1, -0.05) is 36.4 Å². The predicted octanol–water partition coefficient (Wildman–Crippen LogP) is 4.05. The molecule has 31 heavy (non-hydrogen) atoms. The van der Waals surface area contributed by atoms with E-state index >= 15 is 0 Å². The lowest BCUT2D eigenvalue weighted by atomic mass is 10.0. The fourth-order valence-electron chi connectivity index (χ4n) is 3.08. The highest BCUT2D eigenvalue weighted by atomic mass is 19.4. The first-order chi connectivity index (χ1) is 14.6. The lowest BCUT2D eigenvalue weighted by Crippen LogP contribution is -2.23. The molecule has 0 aliphatic carbocycles. The highest BCUT2D eigenvalue weighted by Gasteiger charge is 2.32. The summed E-state index contributed by atoms with van der Waals surface area (Å²) in [4.78, 5) is 25.5. The summed E-state index contributed by atoms with van der Waals surface area (Å²) in [6, 6.07) is 14.9. The van der Waals surface area contributed by atoms with E-state index in [0.29, 0.717) is 11.4 Å². The second kappa shape index (κ2) is 8.36. The molecule has 0 unspecified atom stereocenters. The molecule has 1 N–H and O–H groups in total. The third-order valence-corrected chi connectivity index (χ3v) is 4.72. The number of nitrogens with one attached hydrogen (secondary N) is 1. The van der Waals surface area contributed by atoms with Crippen LogP contribution in [0.3, 0.4) is 0 Å². The molecule has 0 aliphatic heterocycles. The molecule has 9 heteroatoms. The SMILES string of the molecule is Cc1c(NC(=O)/C(C#N)=C/c2ccccc2C(F)(F)F)c(=O)n(-c2ccccc2)n1C. The van der Waals surface area contributed by atoms with Crippen LogP contribution in [0.4, 0.5) is 18.9 Å². The standard InChI is InChI=1S/C22H17F3N4O2/c1-14-19(21(31)29(28(14)2)17-9-4-3-5-10-17)27-20(30)16(13-26)12-15-8-6-7-11-18(15)22(23,24)25/h3-12H,1-2H3,(H,27,30)/b16-12+. The van der Waals surface area contributed by atoms with Crippen LogP contribution >= 0.6 is 0 Å². The van der Waals surface area contributed by atoms with Crippen molar-refractivity contribution in [2.45, 2.75) is 13.1 Å². The van der Waals surface area contributed by atoms with E-state index in [1.165, 1.54) is 21.5 Å². The van der Waals surface area contributed by atoms with E-state index in [1.54, 1.807) is 50.4 Å². The number of carbonyl (C=O) groups excluding carboxylic acids is 1. The molecule has 1 amide bonds. The third-order valence-electron chi connectivity index (χ3n) is 4.72. The molecule has 3 aromatic rings. The number of benzene rings is 2. The second-order valence-corrected chi connectivity index (χ2v) is 6.65. The summed E-state index contributed by atoms with van der Waals surface area (Å²) < 4.78 is 42.5. The number of aromatic nitrogens is 2. The van der Waals surface area contributed by atoms with Gasteiger partial charge in [0.1, 0.15) is 17.3 Å². The van der Waals surface area contributed by atoms with Crippen molar-refractivity contribution < 1.29 is 18.0 Å². The molecule has 0 atom stereocenters. The normalized spacial score (nSPS) is 11.8. The quantitative estimate of drug-likeness (QED) is 0.505. The molecule has 158 valence electrons. The maximum absolute atomic E-state index is 13.2. The zero-order chi connectivity index (χ0) is 22.8. The topological polar surface area (TPSA) is 79.8 Å². The molecule has 0 spiro atoms. The first-order valence-corrected chi connectivity index (χ1v) is 9.08. The molecule has 0 aliphatic rings. The highest BCUT2D eigenvalue weighted by molar-refractivity contribution is 6.10. The zero-order valence-corrected chi connectivity index (χ0v) is 16.6. The number of amides is 1. The fourth-order valence-corrected chi connectivity index (χ4v) is 3.08. The Labute approximate surface area is 175 Å². The molecule has 0 bridgehead atoms. The molecule has 1 heterocycles. The Morgan fingerprint density at radius 3 is 2.32 bits per heavy atom. The van der Waals surface area contributed by atoms with E-state index in [2.05, 4.69) is 5.32 Å². The van der Waals surface area contributed by atoms with Crippen LogP contribution in [-0.4, -0.2) is 15.3 Å².